The fourth-order valence-corrected chi connectivity index (χ4v) is 4.99. The van der Waals surface area contributed by atoms with E-state index in [0.29, 0.717) is 19.8 Å². The van der Waals surface area contributed by atoms with E-state index in [-0.39, 0.29) is 0 Å². The fraction of sp³-hybridized carbons (Fsp3) is 0.600. The first-order valence-corrected chi connectivity index (χ1v) is 10.0. The van der Waals surface area contributed by atoms with Crippen LogP contribution in [-0.4, -0.2) is 40.1 Å². The zero-order chi connectivity index (χ0) is 16.1. The van der Waals surface area contributed by atoms with Crippen molar-refractivity contribution >= 4 is 20.3 Å². The van der Waals surface area contributed by atoms with Crippen molar-refractivity contribution in [3.63, 3.8) is 0 Å². The Bertz CT molecular complexity index is 326. The van der Waals surface area contributed by atoms with Crippen LogP contribution in [0.3, 0.4) is 0 Å². The molecule has 0 radical (unpaired) electrons. The fourth-order valence-electron chi connectivity index (χ4n) is 1.97. The molecule has 21 heavy (non-hydrogen) atoms. The minimum Gasteiger partial charge on any atom is -0.463 e. The molecule has 0 spiro atoms. The predicted octanol–water partition coefficient (Wildman–Crippen LogP) is 2.84. The standard InChI is InChI=1S/C15H26O5Si/c1-5-14(16)18-10-8-12-21(4,20-7-3)13-9-11-19-15(17)6-2/h5-6H,1-2,7-13H2,3-4H3. The lowest BCUT2D eigenvalue weighted by atomic mass is 10.5. The number of carbonyl (C=O) groups is 2. The molecule has 0 saturated carbocycles. The molecular formula is C15H26O5Si. The van der Waals surface area contributed by atoms with Crippen LogP contribution in [0.4, 0.5) is 0 Å². The molecule has 0 aromatic heterocycles. The second-order valence-electron chi connectivity index (χ2n) is 4.83. The highest BCUT2D eigenvalue weighted by Crippen LogP contribution is 2.21. The van der Waals surface area contributed by atoms with E-state index in [4.69, 9.17) is 13.9 Å². The molecule has 0 heterocycles. The third-order valence-corrected chi connectivity index (χ3v) is 6.82. The van der Waals surface area contributed by atoms with Gasteiger partial charge in [-0.2, -0.15) is 0 Å². The first-order chi connectivity index (χ1) is 9.97. The quantitative estimate of drug-likeness (QED) is 0.240. The first kappa shape index (κ1) is 19.6. The van der Waals surface area contributed by atoms with Gasteiger partial charge in [-0.05, 0) is 38.4 Å². The molecule has 0 amide bonds. The van der Waals surface area contributed by atoms with E-state index in [1.807, 2.05) is 6.92 Å². The summed E-state index contributed by atoms with van der Waals surface area (Å²) in [5.74, 6) is -0.794. The molecule has 0 aliphatic carbocycles. The summed E-state index contributed by atoms with van der Waals surface area (Å²) in [7, 11) is -1.85. The van der Waals surface area contributed by atoms with Gasteiger partial charge in [-0.25, -0.2) is 9.59 Å². The molecule has 0 saturated heterocycles. The second kappa shape index (κ2) is 11.3. The normalized spacial score (nSPS) is 10.8. The Hall–Kier alpha value is -1.40. The van der Waals surface area contributed by atoms with Crippen LogP contribution in [0, 0.1) is 0 Å². The number of rotatable bonds is 12. The minimum absolute atomic E-state index is 0.381. The summed E-state index contributed by atoms with van der Waals surface area (Å²) in [5.41, 5.74) is 0. The third kappa shape index (κ3) is 10.0. The van der Waals surface area contributed by atoms with Gasteiger partial charge in [0.05, 0.1) is 13.2 Å². The zero-order valence-electron chi connectivity index (χ0n) is 13.1. The van der Waals surface area contributed by atoms with Gasteiger partial charge in [-0.3, -0.25) is 0 Å². The highest BCUT2D eigenvalue weighted by Gasteiger charge is 2.27. The van der Waals surface area contributed by atoms with Crippen LogP contribution in [0.2, 0.25) is 18.6 Å². The Morgan fingerprint density at radius 3 is 1.76 bits per heavy atom. The Labute approximate surface area is 128 Å². The largest absolute Gasteiger partial charge is 0.463 e. The van der Waals surface area contributed by atoms with E-state index >= 15 is 0 Å². The summed E-state index contributed by atoms with van der Waals surface area (Å²) in [6.45, 7) is 12.3. The van der Waals surface area contributed by atoms with E-state index in [1.54, 1.807) is 0 Å². The van der Waals surface area contributed by atoms with Gasteiger partial charge in [-0.15, -0.1) is 0 Å². The summed E-state index contributed by atoms with van der Waals surface area (Å²) in [5, 5.41) is 0. The van der Waals surface area contributed by atoms with Gasteiger partial charge in [0.15, 0.2) is 8.32 Å². The molecule has 0 fully saturated rings. The highest BCUT2D eigenvalue weighted by molar-refractivity contribution is 6.72. The maximum atomic E-state index is 10.9. The minimum atomic E-state index is -1.85. The second-order valence-corrected chi connectivity index (χ2v) is 9.02. The molecule has 0 aliphatic rings. The predicted molar refractivity (Wildman–Crippen MR) is 84.4 cm³/mol. The van der Waals surface area contributed by atoms with Crippen LogP contribution in [0.1, 0.15) is 19.8 Å². The van der Waals surface area contributed by atoms with Crippen LogP contribution >= 0.6 is 0 Å². The molecule has 0 aromatic carbocycles. The van der Waals surface area contributed by atoms with Gasteiger partial charge >= 0.3 is 11.9 Å². The van der Waals surface area contributed by atoms with Crippen molar-refractivity contribution in [2.45, 2.75) is 38.4 Å². The number of ether oxygens (including phenoxy) is 2. The van der Waals surface area contributed by atoms with Crippen molar-refractivity contribution in [1.82, 2.24) is 0 Å². The van der Waals surface area contributed by atoms with Gasteiger partial charge in [-0.1, -0.05) is 13.2 Å². The molecule has 0 unspecified atom stereocenters. The average Bonchev–Trinajstić information content (AvgIpc) is 2.48. The van der Waals surface area contributed by atoms with Crippen molar-refractivity contribution < 1.29 is 23.5 Å². The number of carbonyl (C=O) groups excluding carboxylic acids is 2. The molecule has 0 atom stereocenters. The van der Waals surface area contributed by atoms with E-state index in [0.717, 1.165) is 37.1 Å². The van der Waals surface area contributed by atoms with Crippen LogP contribution in [0.5, 0.6) is 0 Å². The van der Waals surface area contributed by atoms with Crippen molar-refractivity contribution in [1.29, 1.82) is 0 Å². The Morgan fingerprint density at radius 1 is 1.00 bits per heavy atom. The molecule has 6 heteroatoms. The summed E-state index contributed by atoms with van der Waals surface area (Å²) >= 11 is 0. The number of hydrogen-bond donors (Lipinski definition) is 0. The topological polar surface area (TPSA) is 61.8 Å². The number of hydrogen-bond acceptors (Lipinski definition) is 5. The Balaban J connectivity index is 4.04. The van der Waals surface area contributed by atoms with Gasteiger partial charge < -0.3 is 13.9 Å². The lowest BCUT2D eigenvalue weighted by Gasteiger charge is -2.26. The molecular weight excluding hydrogens is 288 g/mol. The lowest BCUT2D eigenvalue weighted by molar-refractivity contribution is -0.138. The van der Waals surface area contributed by atoms with E-state index in [1.165, 1.54) is 0 Å². The van der Waals surface area contributed by atoms with Gasteiger partial charge in [0.2, 0.25) is 0 Å². The summed E-state index contributed by atoms with van der Waals surface area (Å²) < 4.78 is 15.8. The molecule has 0 N–H and O–H groups in total. The summed E-state index contributed by atoms with van der Waals surface area (Å²) in [6.07, 6.45) is 3.86. The monoisotopic (exact) mass is 314 g/mol. The van der Waals surface area contributed by atoms with Crippen LogP contribution in [0.25, 0.3) is 0 Å². The van der Waals surface area contributed by atoms with E-state index < -0.39 is 20.3 Å². The van der Waals surface area contributed by atoms with E-state index in [2.05, 4.69) is 19.7 Å². The van der Waals surface area contributed by atoms with Gasteiger partial charge in [0, 0.05) is 18.8 Å². The SMILES string of the molecule is C=CC(=O)OCCC[Si](C)(CCCOC(=O)C=C)OCC. The molecule has 0 bridgehead atoms. The Kier molecular flexibility index (Phi) is 10.5. The van der Waals surface area contributed by atoms with Crippen LogP contribution in [-0.2, 0) is 23.5 Å². The summed E-state index contributed by atoms with van der Waals surface area (Å²) in [6, 6.07) is 1.81. The maximum absolute atomic E-state index is 10.9. The summed E-state index contributed by atoms with van der Waals surface area (Å²) in [4.78, 5) is 21.9. The molecule has 0 rings (SSSR count). The van der Waals surface area contributed by atoms with Crippen molar-refractivity contribution in [3.05, 3.63) is 25.3 Å². The van der Waals surface area contributed by atoms with Gasteiger partial charge in [0.25, 0.3) is 0 Å². The van der Waals surface area contributed by atoms with E-state index in [9.17, 15) is 9.59 Å². The van der Waals surface area contributed by atoms with Crippen molar-refractivity contribution in [2.75, 3.05) is 19.8 Å². The van der Waals surface area contributed by atoms with Crippen molar-refractivity contribution in [2.24, 2.45) is 0 Å². The lowest BCUT2D eigenvalue weighted by Crippen LogP contribution is -2.35. The zero-order valence-corrected chi connectivity index (χ0v) is 14.1. The molecule has 5 nitrogen and oxygen atoms in total. The molecule has 0 aliphatic heterocycles. The van der Waals surface area contributed by atoms with Crippen LogP contribution < -0.4 is 0 Å². The molecule has 120 valence electrons. The Morgan fingerprint density at radius 2 is 1.43 bits per heavy atom. The first-order valence-electron chi connectivity index (χ1n) is 7.19. The maximum Gasteiger partial charge on any atom is 0.330 e. The third-order valence-electron chi connectivity index (χ3n) is 3.01. The van der Waals surface area contributed by atoms with Crippen LogP contribution in [0.15, 0.2) is 25.3 Å². The van der Waals surface area contributed by atoms with Gasteiger partial charge in [0.1, 0.15) is 0 Å². The molecule has 0 aromatic rings. The average molecular weight is 314 g/mol. The number of esters is 2. The highest BCUT2D eigenvalue weighted by atomic mass is 28.4. The smallest absolute Gasteiger partial charge is 0.330 e. The van der Waals surface area contributed by atoms with Crippen molar-refractivity contribution in [3.8, 4) is 0 Å².